The molecule has 2 aromatic carbocycles. The van der Waals surface area contributed by atoms with Gasteiger partial charge >= 0.3 is 11.9 Å². The van der Waals surface area contributed by atoms with E-state index in [1.54, 1.807) is 25.1 Å². The zero-order valence-corrected chi connectivity index (χ0v) is 18.4. The summed E-state index contributed by atoms with van der Waals surface area (Å²) >= 11 is 4.03. The van der Waals surface area contributed by atoms with Gasteiger partial charge < -0.3 is 19.4 Å². The molecule has 0 bridgehead atoms. The van der Waals surface area contributed by atoms with E-state index in [9.17, 15) is 19.5 Å². The highest BCUT2D eigenvalue weighted by molar-refractivity contribution is 14.1. The Morgan fingerprint density at radius 1 is 1.07 bits per heavy atom. The van der Waals surface area contributed by atoms with Gasteiger partial charge in [0.25, 0.3) is 0 Å². The quantitative estimate of drug-likeness (QED) is 0.222. The monoisotopic (exact) mass is 591 g/mol. The maximum absolute atomic E-state index is 12.2. The molecule has 0 aromatic heterocycles. The second-order valence-electron chi connectivity index (χ2n) is 5.47. The minimum atomic E-state index is -1.45. The molecule has 8 heteroatoms. The third kappa shape index (κ3) is 5.51. The highest BCUT2D eigenvalue weighted by atomic mass is 127. The number of carbonyl (C=O) groups is 3. The van der Waals surface area contributed by atoms with Crippen LogP contribution in [0.2, 0.25) is 0 Å². The Morgan fingerprint density at radius 3 is 2.15 bits per heavy atom. The number of rotatable bonds is 6. The van der Waals surface area contributed by atoms with Crippen molar-refractivity contribution in [1.82, 2.24) is 0 Å². The van der Waals surface area contributed by atoms with Crippen LogP contribution >= 0.6 is 45.2 Å². The Hall–Kier alpha value is -1.95. The summed E-state index contributed by atoms with van der Waals surface area (Å²) in [4.78, 5) is 35.0. The summed E-state index contributed by atoms with van der Waals surface area (Å²) in [5, 5.41) is 11.1. The Balaban J connectivity index is 2.15. The Kier molecular flexibility index (Phi) is 7.36. The van der Waals surface area contributed by atoms with Gasteiger partial charge in [0.05, 0.1) is 18.7 Å². The summed E-state index contributed by atoms with van der Waals surface area (Å²) in [6.45, 7) is 5.03. The fourth-order valence-electron chi connectivity index (χ4n) is 2.04. The average Bonchev–Trinajstić information content (AvgIpc) is 2.62. The first-order valence-electron chi connectivity index (χ1n) is 7.53. The van der Waals surface area contributed by atoms with Crippen molar-refractivity contribution in [3.05, 3.63) is 72.4 Å². The van der Waals surface area contributed by atoms with Gasteiger partial charge in [-0.3, -0.25) is 0 Å². The molecule has 2 rings (SSSR count). The van der Waals surface area contributed by atoms with Crippen molar-refractivity contribution >= 4 is 63.1 Å². The molecule has 0 heterocycles. The highest BCUT2D eigenvalue weighted by Crippen LogP contribution is 2.30. The maximum atomic E-state index is 12.2. The molecule has 0 amide bonds. The molecule has 0 fully saturated rings. The topological polar surface area (TPSA) is 92.7 Å². The lowest BCUT2D eigenvalue weighted by molar-refractivity contribution is -0.255. The summed E-state index contributed by atoms with van der Waals surface area (Å²) in [7, 11) is 0. The molecule has 0 spiro atoms. The molecule has 0 saturated carbocycles. The van der Waals surface area contributed by atoms with Gasteiger partial charge in [-0.25, -0.2) is 9.59 Å². The Morgan fingerprint density at radius 2 is 1.63 bits per heavy atom. The number of hydrogen-bond acceptors (Lipinski definition) is 6. The standard InChI is InChI=1S/C19H14I2O6/c1-10(2)18(24)27-16-14(20)7-11(8-15(16)21)9-26-19(25)13-6-4-3-5-12(13)17(22)23/h3-8H,1,9H2,2H3,(H,22,23)/p-1. The number of hydrogen-bond donors (Lipinski definition) is 0. The molecule has 0 saturated heterocycles. The molecule has 6 nitrogen and oxygen atoms in total. The highest BCUT2D eigenvalue weighted by Gasteiger charge is 2.16. The van der Waals surface area contributed by atoms with Crippen LogP contribution in [0, 0.1) is 7.14 Å². The molecule has 0 aliphatic carbocycles. The van der Waals surface area contributed by atoms with Crippen LogP contribution in [-0.2, 0) is 16.1 Å². The van der Waals surface area contributed by atoms with Crippen LogP contribution in [0.5, 0.6) is 5.75 Å². The van der Waals surface area contributed by atoms with Crippen LogP contribution in [0.15, 0.2) is 48.6 Å². The second kappa shape index (κ2) is 9.31. The second-order valence-corrected chi connectivity index (χ2v) is 7.79. The van der Waals surface area contributed by atoms with Gasteiger partial charge in [-0.1, -0.05) is 24.8 Å². The van der Waals surface area contributed by atoms with Crippen molar-refractivity contribution < 1.29 is 29.0 Å². The van der Waals surface area contributed by atoms with E-state index in [-0.39, 0.29) is 23.3 Å². The third-order valence-electron chi connectivity index (χ3n) is 3.34. The zero-order valence-electron chi connectivity index (χ0n) is 14.1. The molecule has 0 unspecified atom stereocenters. The van der Waals surface area contributed by atoms with Crippen LogP contribution < -0.4 is 9.84 Å². The lowest BCUT2D eigenvalue weighted by atomic mass is 10.1. The smallest absolute Gasteiger partial charge is 0.339 e. The zero-order chi connectivity index (χ0) is 20.1. The van der Waals surface area contributed by atoms with Crippen molar-refractivity contribution in [2.45, 2.75) is 13.5 Å². The first kappa shape index (κ1) is 21.4. The van der Waals surface area contributed by atoms with Gasteiger partial charge in [-0.05, 0) is 75.9 Å². The summed E-state index contributed by atoms with van der Waals surface area (Å²) < 4.78 is 11.8. The number of aromatic carboxylic acids is 1. The Bertz CT molecular complexity index is 913. The normalized spacial score (nSPS) is 10.2. The van der Waals surface area contributed by atoms with E-state index in [4.69, 9.17) is 9.47 Å². The van der Waals surface area contributed by atoms with Crippen molar-refractivity contribution in [3.63, 3.8) is 0 Å². The SMILES string of the molecule is C=C(C)C(=O)Oc1c(I)cc(COC(=O)c2ccccc2C(=O)[O-])cc1I. The average molecular weight is 591 g/mol. The van der Waals surface area contributed by atoms with E-state index in [0.29, 0.717) is 18.5 Å². The summed E-state index contributed by atoms with van der Waals surface area (Å²) in [5.74, 6) is -2.33. The number of carboxylic acids is 1. The van der Waals surface area contributed by atoms with Crippen LogP contribution in [0.1, 0.15) is 33.2 Å². The van der Waals surface area contributed by atoms with E-state index < -0.39 is 17.9 Å². The van der Waals surface area contributed by atoms with Gasteiger partial charge in [0.1, 0.15) is 6.61 Å². The summed E-state index contributed by atoms with van der Waals surface area (Å²) in [6, 6.07) is 9.10. The predicted octanol–water partition coefficient (Wildman–Crippen LogP) is 3.10. The van der Waals surface area contributed by atoms with Gasteiger partial charge in [0.15, 0.2) is 5.75 Å². The molecule has 0 aliphatic heterocycles. The number of esters is 2. The van der Waals surface area contributed by atoms with Crippen molar-refractivity contribution in [3.8, 4) is 5.75 Å². The van der Waals surface area contributed by atoms with Crippen molar-refractivity contribution in [2.75, 3.05) is 0 Å². The van der Waals surface area contributed by atoms with Gasteiger partial charge in [-0.15, -0.1) is 0 Å². The molecule has 27 heavy (non-hydrogen) atoms. The van der Waals surface area contributed by atoms with Gasteiger partial charge in [0, 0.05) is 11.1 Å². The lowest BCUT2D eigenvalue weighted by Gasteiger charge is -2.12. The van der Waals surface area contributed by atoms with Gasteiger partial charge in [-0.2, -0.15) is 0 Å². The van der Waals surface area contributed by atoms with Crippen molar-refractivity contribution in [1.29, 1.82) is 0 Å². The van der Waals surface area contributed by atoms with E-state index >= 15 is 0 Å². The van der Waals surface area contributed by atoms with E-state index in [1.165, 1.54) is 18.2 Å². The molecular formula is C19H13I2O6-. The van der Waals surface area contributed by atoms with E-state index in [0.717, 1.165) is 0 Å². The van der Waals surface area contributed by atoms with Crippen LogP contribution in [0.3, 0.4) is 0 Å². The minimum absolute atomic E-state index is 0.0685. The number of carboxylic acid groups (broad SMARTS) is 1. The summed E-state index contributed by atoms with van der Waals surface area (Å²) in [5.41, 5.74) is 0.645. The number of benzene rings is 2. The lowest BCUT2D eigenvalue weighted by Crippen LogP contribution is -2.25. The van der Waals surface area contributed by atoms with Gasteiger partial charge in [0.2, 0.25) is 0 Å². The molecular weight excluding hydrogens is 578 g/mol. The Labute approximate surface area is 182 Å². The predicted molar refractivity (Wildman–Crippen MR) is 112 cm³/mol. The largest absolute Gasteiger partial charge is 0.545 e. The number of carbonyl (C=O) groups excluding carboxylic acids is 3. The van der Waals surface area contributed by atoms with E-state index in [2.05, 4.69) is 6.58 Å². The molecule has 140 valence electrons. The molecule has 0 aliphatic rings. The molecule has 0 atom stereocenters. The van der Waals surface area contributed by atoms with Crippen molar-refractivity contribution in [2.24, 2.45) is 0 Å². The van der Waals surface area contributed by atoms with Crippen LogP contribution in [0.4, 0.5) is 0 Å². The maximum Gasteiger partial charge on any atom is 0.339 e. The minimum Gasteiger partial charge on any atom is -0.545 e. The molecule has 0 radical (unpaired) electrons. The molecule has 2 aromatic rings. The first-order chi connectivity index (χ1) is 12.7. The van der Waals surface area contributed by atoms with E-state index in [1.807, 2.05) is 45.2 Å². The molecule has 0 N–H and O–H groups in total. The summed E-state index contributed by atoms with van der Waals surface area (Å²) in [6.07, 6.45) is 0. The third-order valence-corrected chi connectivity index (χ3v) is 4.94. The fraction of sp³-hybridized carbons (Fsp3) is 0.105. The number of halogens is 2. The van der Waals surface area contributed by atoms with Crippen LogP contribution in [-0.4, -0.2) is 17.9 Å². The first-order valence-corrected chi connectivity index (χ1v) is 9.69. The van der Waals surface area contributed by atoms with Crippen LogP contribution in [0.25, 0.3) is 0 Å². The fourth-order valence-corrected chi connectivity index (χ4v) is 4.16. The number of ether oxygens (including phenoxy) is 2.